The van der Waals surface area contributed by atoms with E-state index >= 15 is 0 Å². The highest BCUT2D eigenvalue weighted by atomic mass is 32.2. The fraction of sp³-hybridized carbons (Fsp3) is 0.611. The summed E-state index contributed by atoms with van der Waals surface area (Å²) in [5, 5.41) is 6.84. The van der Waals surface area contributed by atoms with Gasteiger partial charge in [-0.25, -0.2) is 0 Å². The van der Waals surface area contributed by atoms with Crippen molar-refractivity contribution in [3.05, 3.63) is 30.3 Å². The van der Waals surface area contributed by atoms with Gasteiger partial charge in [-0.2, -0.15) is 0 Å². The molecule has 0 spiro atoms. The number of benzene rings is 1. The number of rotatable bonds is 8. The van der Waals surface area contributed by atoms with Crippen LogP contribution in [0.2, 0.25) is 0 Å². The van der Waals surface area contributed by atoms with Gasteiger partial charge in [-0.05, 0) is 44.0 Å². The van der Waals surface area contributed by atoms with Crippen LogP contribution in [-0.4, -0.2) is 56.4 Å². The van der Waals surface area contributed by atoms with Gasteiger partial charge in [0.05, 0.1) is 0 Å². The van der Waals surface area contributed by atoms with Crippen LogP contribution in [0, 0.1) is 5.92 Å². The molecule has 1 fully saturated rings. The number of thioether (sulfide) groups is 1. The van der Waals surface area contributed by atoms with Crippen molar-refractivity contribution >= 4 is 17.7 Å². The Morgan fingerprint density at radius 1 is 1.22 bits per heavy atom. The fourth-order valence-corrected chi connectivity index (χ4v) is 3.61. The lowest BCUT2D eigenvalue weighted by atomic mass is 10.1. The molecule has 1 aromatic rings. The van der Waals surface area contributed by atoms with Gasteiger partial charge in [0.25, 0.3) is 0 Å². The van der Waals surface area contributed by atoms with Crippen LogP contribution in [0.5, 0.6) is 0 Å². The second-order valence-corrected chi connectivity index (χ2v) is 7.32. The largest absolute Gasteiger partial charge is 0.356 e. The topological polar surface area (TPSA) is 39.7 Å². The highest BCUT2D eigenvalue weighted by Gasteiger charge is 2.14. The molecule has 0 saturated carbocycles. The Labute approximate surface area is 145 Å². The smallest absolute Gasteiger partial charge is 0.191 e. The molecule has 23 heavy (non-hydrogen) atoms. The first-order chi connectivity index (χ1) is 11.3. The zero-order chi connectivity index (χ0) is 16.3. The molecule has 0 aromatic heterocycles. The second kappa shape index (κ2) is 10.6. The minimum Gasteiger partial charge on any atom is -0.356 e. The van der Waals surface area contributed by atoms with Crippen LogP contribution in [0.4, 0.5) is 0 Å². The maximum Gasteiger partial charge on any atom is 0.191 e. The van der Waals surface area contributed by atoms with Crippen LogP contribution in [0.15, 0.2) is 40.2 Å². The number of guanidine groups is 1. The van der Waals surface area contributed by atoms with Crippen molar-refractivity contribution in [1.82, 2.24) is 15.5 Å². The Hall–Kier alpha value is -1.20. The van der Waals surface area contributed by atoms with Gasteiger partial charge in [-0.15, -0.1) is 11.8 Å². The van der Waals surface area contributed by atoms with E-state index in [4.69, 9.17) is 0 Å². The highest BCUT2D eigenvalue weighted by Crippen LogP contribution is 2.15. The fourth-order valence-electron chi connectivity index (χ4n) is 2.82. The van der Waals surface area contributed by atoms with E-state index in [2.05, 4.69) is 57.8 Å². The molecule has 2 N–H and O–H groups in total. The predicted molar refractivity (Wildman–Crippen MR) is 101 cm³/mol. The third-order valence-corrected chi connectivity index (χ3v) is 5.03. The van der Waals surface area contributed by atoms with Gasteiger partial charge in [0.2, 0.25) is 0 Å². The first-order valence-corrected chi connectivity index (χ1v) is 9.61. The van der Waals surface area contributed by atoms with E-state index < -0.39 is 0 Å². The van der Waals surface area contributed by atoms with Crippen LogP contribution in [-0.2, 0) is 0 Å². The summed E-state index contributed by atoms with van der Waals surface area (Å²) in [6.45, 7) is 7.93. The quantitative estimate of drug-likeness (QED) is 0.332. The number of nitrogens with zero attached hydrogens (tertiary/aromatic N) is 2. The monoisotopic (exact) mass is 334 g/mol. The summed E-state index contributed by atoms with van der Waals surface area (Å²) in [5.74, 6) is 2.59. The van der Waals surface area contributed by atoms with Crippen molar-refractivity contribution in [2.24, 2.45) is 10.9 Å². The number of likely N-dealkylation sites (tertiary alicyclic amines) is 1. The Balaban J connectivity index is 1.57. The number of nitrogens with one attached hydrogen (secondary N) is 2. The van der Waals surface area contributed by atoms with Crippen LogP contribution >= 0.6 is 11.8 Å². The maximum atomic E-state index is 4.31. The molecule has 0 radical (unpaired) electrons. The van der Waals surface area contributed by atoms with E-state index in [0.717, 1.165) is 24.8 Å². The molecule has 1 aliphatic rings. The maximum absolute atomic E-state index is 4.31. The highest BCUT2D eigenvalue weighted by molar-refractivity contribution is 7.99. The third-order valence-electron chi connectivity index (χ3n) is 4.02. The van der Waals surface area contributed by atoms with Crippen LogP contribution in [0.3, 0.4) is 0 Å². The average molecular weight is 335 g/mol. The van der Waals surface area contributed by atoms with Gasteiger partial charge in [0.1, 0.15) is 0 Å². The van der Waals surface area contributed by atoms with E-state index in [1.807, 2.05) is 18.8 Å². The summed E-state index contributed by atoms with van der Waals surface area (Å²) in [7, 11) is 1.84. The molecule has 4 nitrogen and oxygen atoms in total. The standard InChI is InChI=1S/C18H30N4S/c1-16(15-22-11-6-7-12-22)14-21-18(19-2)20-10-13-23-17-8-4-3-5-9-17/h3-5,8-9,16H,6-7,10-15H2,1-2H3,(H2,19,20,21). The van der Waals surface area contributed by atoms with Crippen LogP contribution in [0.1, 0.15) is 19.8 Å². The predicted octanol–water partition coefficient (Wildman–Crippen LogP) is 2.68. The molecular weight excluding hydrogens is 304 g/mol. The molecule has 5 heteroatoms. The van der Waals surface area contributed by atoms with Crippen molar-refractivity contribution in [3.8, 4) is 0 Å². The zero-order valence-corrected chi connectivity index (χ0v) is 15.2. The summed E-state index contributed by atoms with van der Waals surface area (Å²) in [6, 6.07) is 10.5. The van der Waals surface area contributed by atoms with Crippen LogP contribution in [0.25, 0.3) is 0 Å². The Bertz CT molecular complexity index is 457. The lowest BCUT2D eigenvalue weighted by molar-refractivity contribution is 0.287. The first-order valence-electron chi connectivity index (χ1n) is 8.62. The molecule has 1 atom stereocenters. The molecule has 2 rings (SSSR count). The molecule has 0 aliphatic carbocycles. The molecule has 1 aliphatic heterocycles. The van der Waals surface area contributed by atoms with Gasteiger partial charge in [-0.1, -0.05) is 25.1 Å². The molecule has 1 aromatic carbocycles. The van der Waals surface area contributed by atoms with Crippen molar-refractivity contribution in [2.45, 2.75) is 24.7 Å². The molecule has 128 valence electrons. The summed E-state index contributed by atoms with van der Waals surface area (Å²) in [6.07, 6.45) is 2.73. The molecule has 0 bridgehead atoms. The van der Waals surface area contributed by atoms with Crippen molar-refractivity contribution < 1.29 is 0 Å². The van der Waals surface area contributed by atoms with Crippen molar-refractivity contribution in [1.29, 1.82) is 0 Å². The minimum absolute atomic E-state index is 0.644. The van der Waals surface area contributed by atoms with Crippen LogP contribution < -0.4 is 10.6 Å². The van der Waals surface area contributed by atoms with E-state index in [0.29, 0.717) is 5.92 Å². The van der Waals surface area contributed by atoms with Gasteiger partial charge in [0.15, 0.2) is 5.96 Å². The van der Waals surface area contributed by atoms with Gasteiger partial charge in [0, 0.05) is 37.3 Å². The Kier molecular flexibility index (Phi) is 8.32. The first kappa shape index (κ1) is 18.1. The molecule has 1 saturated heterocycles. The second-order valence-electron chi connectivity index (χ2n) is 6.15. The normalized spacial score (nSPS) is 17.2. The van der Waals surface area contributed by atoms with Gasteiger partial charge in [-0.3, -0.25) is 4.99 Å². The van der Waals surface area contributed by atoms with E-state index in [9.17, 15) is 0 Å². The summed E-state index contributed by atoms with van der Waals surface area (Å²) in [4.78, 5) is 8.19. The summed E-state index contributed by atoms with van der Waals surface area (Å²) in [5.41, 5.74) is 0. The SMILES string of the molecule is CN=C(NCCSc1ccccc1)NCC(C)CN1CCCC1. The zero-order valence-electron chi connectivity index (χ0n) is 14.4. The van der Waals surface area contributed by atoms with Crippen molar-refractivity contribution in [2.75, 3.05) is 45.5 Å². The van der Waals surface area contributed by atoms with Gasteiger partial charge >= 0.3 is 0 Å². The number of hydrogen-bond acceptors (Lipinski definition) is 3. The van der Waals surface area contributed by atoms with E-state index in [1.54, 1.807) is 0 Å². The Morgan fingerprint density at radius 2 is 1.96 bits per heavy atom. The lowest BCUT2D eigenvalue weighted by Gasteiger charge is -2.21. The average Bonchev–Trinajstić information content (AvgIpc) is 3.08. The number of hydrogen-bond donors (Lipinski definition) is 2. The summed E-state index contributed by atoms with van der Waals surface area (Å²) >= 11 is 1.87. The Morgan fingerprint density at radius 3 is 2.65 bits per heavy atom. The van der Waals surface area contributed by atoms with E-state index in [1.165, 1.54) is 37.4 Å². The molecule has 1 unspecified atom stereocenters. The molecule has 0 amide bonds. The molecule has 1 heterocycles. The minimum atomic E-state index is 0.644. The number of aliphatic imine (C=N–C) groups is 1. The lowest BCUT2D eigenvalue weighted by Crippen LogP contribution is -2.42. The third kappa shape index (κ3) is 7.27. The van der Waals surface area contributed by atoms with E-state index in [-0.39, 0.29) is 0 Å². The summed E-state index contributed by atoms with van der Waals surface area (Å²) < 4.78 is 0. The van der Waals surface area contributed by atoms with Crippen molar-refractivity contribution in [3.63, 3.8) is 0 Å². The molecular formula is C18H30N4S. The van der Waals surface area contributed by atoms with Gasteiger partial charge < -0.3 is 15.5 Å².